The van der Waals surface area contributed by atoms with Crippen LogP contribution in [0, 0.1) is 0 Å². The molecule has 8 heteroatoms. The molecule has 1 atom stereocenters. The van der Waals surface area contributed by atoms with Crippen molar-refractivity contribution >= 4 is 17.6 Å². The number of carbonyl (C=O) groups excluding carboxylic acids is 2. The number of esters is 1. The van der Waals surface area contributed by atoms with Crippen molar-refractivity contribution in [3.05, 3.63) is 36.0 Å². The molecule has 1 aromatic carbocycles. The van der Waals surface area contributed by atoms with E-state index in [1.165, 1.54) is 12.0 Å². The lowest BCUT2D eigenvalue weighted by Crippen LogP contribution is -2.46. The number of rotatable bonds is 5. The SMILES string of the molecule is CCc1nnc(CN2C(=O)C(CC(=O)OC)Oc3ccccc32)o1. The second-order valence-electron chi connectivity index (χ2n) is 5.22. The van der Waals surface area contributed by atoms with Gasteiger partial charge in [0.1, 0.15) is 12.3 Å². The van der Waals surface area contributed by atoms with Crippen molar-refractivity contribution in [3.63, 3.8) is 0 Å². The summed E-state index contributed by atoms with van der Waals surface area (Å²) in [6.07, 6.45) is -0.489. The number of aromatic nitrogens is 2. The van der Waals surface area contributed by atoms with Crippen molar-refractivity contribution in [2.75, 3.05) is 12.0 Å². The van der Waals surface area contributed by atoms with Crippen LogP contribution in [0.25, 0.3) is 0 Å². The minimum Gasteiger partial charge on any atom is -0.478 e. The number of fused-ring (bicyclic) bond motifs is 1. The van der Waals surface area contributed by atoms with E-state index in [-0.39, 0.29) is 18.9 Å². The van der Waals surface area contributed by atoms with Gasteiger partial charge in [-0.2, -0.15) is 0 Å². The summed E-state index contributed by atoms with van der Waals surface area (Å²) in [4.78, 5) is 25.7. The van der Waals surface area contributed by atoms with E-state index < -0.39 is 12.1 Å². The van der Waals surface area contributed by atoms with Gasteiger partial charge in [-0.15, -0.1) is 10.2 Å². The molecule has 1 unspecified atom stereocenters. The van der Waals surface area contributed by atoms with Crippen LogP contribution in [-0.4, -0.2) is 35.3 Å². The van der Waals surface area contributed by atoms with E-state index in [1.54, 1.807) is 24.3 Å². The van der Waals surface area contributed by atoms with Gasteiger partial charge in [0, 0.05) is 6.42 Å². The van der Waals surface area contributed by atoms with Gasteiger partial charge in [-0.3, -0.25) is 14.5 Å². The summed E-state index contributed by atoms with van der Waals surface area (Å²) in [5.74, 6) is 0.481. The van der Waals surface area contributed by atoms with Gasteiger partial charge in [-0.1, -0.05) is 19.1 Å². The molecule has 1 amide bonds. The number of carbonyl (C=O) groups is 2. The molecule has 126 valence electrons. The number of ether oxygens (including phenoxy) is 2. The summed E-state index contributed by atoms with van der Waals surface area (Å²) in [7, 11) is 1.27. The fourth-order valence-corrected chi connectivity index (χ4v) is 2.43. The fourth-order valence-electron chi connectivity index (χ4n) is 2.43. The molecule has 8 nitrogen and oxygen atoms in total. The predicted octanol–water partition coefficient (Wildman–Crippen LogP) is 1.49. The number of hydrogen-bond donors (Lipinski definition) is 0. The van der Waals surface area contributed by atoms with Crippen LogP contribution in [0.3, 0.4) is 0 Å². The van der Waals surface area contributed by atoms with Crippen LogP contribution >= 0.6 is 0 Å². The third-order valence-corrected chi connectivity index (χ3v) is 3.65. The Morgan fingerprint density at radius 1 is 1.29 bits per heavy atom. The summed E-state index contributed by atoms with van der Waals surface area (Å²) < 4.78 is 15.8. The molecular weight excluding hydrogens is 314 g/mol. The summed E-state index contributed by atoms with van der Waals surface area (Å²) in [6.45, 7) is 2.02. The molecule has 1 aliphatic rings. The highest BCUT2D eigenvalue weighted by molar-refractivity contribution is 6.01. The molecule has 0 spiro atoms. The van der Waals surface area contributed by atoms with Crippen molar-refractivity contribution in [2.45, 2.75) is 32.4 Å². The van der Waals surface area contributed by atoms with Crippen LogP contribution in [0.4, 0.5) is 5.69 Å². The third kappa shape index (κ3) is 3.08. The number of amides is 1. The van der Waals surface area contributed by atoms with Gasteiger partial charge in [0.25, 0.3) is 5.91 Å². The predicted molar refractivity (Wildman–Crippen MR) is 82.4 cm³/mol. The van der Waals surface area contributed by atoms with Gasteiger partial charge in [0.05, 0.1) is 19.2 Å². The molecule has 0 N–H and O–H groups in total. The topological polar surface area (TPSA) is 94.8 Å². The van der Waals surface area contributed by atoms with Crippen LogP contribution in [-0.2, 0) is 27.3 Å². The first kappa shape index (κ1) is 16.0. The van der Waals surface area contributed by atoms with E-state index in [2.05, 4.69) is 14.9 Å². The van der Waals surface area contributed by atoms with E-state index >= 15 is 0 Å². The second-order valence-corrected chi connectivity index (χ2v) is 5.22. The molecule has 1 aromatic heterocycles. The monoisotopic (exact) mass is 331 g/mol. The number of benzene rings is 1. The Morgan fingerprint density at radius 3 is 2.75 bits per heavy atom. The lowest BCUT2D eigenvalue weighted by molar-refractivity contribution is -0.145. The molecule has 3 rings (SSSR count). The molecule has 0 fully saturated rings. The molecule has 1 aliphatic heterocycles. The maximum atomic E-state index is 12.7. The van der Waals surface area contributed by atoms with Crippen molar-refractivity contribution < 1.29 is 23.5 Å². The molecular formula is C16H17N3O5. The van der Waals surface area contributed by atoms with Gasteiger partial charge in [0.15, 0.2) is 6.10 Å². The average Bonchev–Trinajstić information content (AvgIpc) is 3.06. The van der Waals surface area contributed by atoms with Crippen molar-refractivity contribution in [1.29, 1.82) is 0 Å². The van der Waals surface area contributed by atoms with Crippen LogP contribution < -0.4 is 9.64 Å². The average molecular weight is 331 g/mol. The van der Waals surface area contributed by atoms with Gasteiger partial charge in [0.2, 0.25) is 11.8 Å². The minimum absolute atomic E-state index is 0.115. The number of aryl methyl sites for hydroxylation is 1. The first-order valence-corrected chi connectivity index (χ1v) is 7.57. The highest BCUT2D eigenvalue weighted by Gasteiger charge is 2.36. The molecule has 0 saturated carbocycles. The van der Waals surface area contributed by atoms with Crippen LogP contribution in [0.15, 0.2) is 28.7 Å². The fraction of sp³-hybridized carbons (Fsp3) is 0.375. The second kappa shape index (κ2) is 6.69. The molecule has 0 radical (unpaired) electrons. The van der Waals surface area contributed by atoms with Crippen molar-refractivity contribution in [3.8, 4) is 5.75 Å². The summed E-state index contributed by atoms with van der Waals surface area (Å²) in [5, 5.41) is 7.85. The third-order valence-electron chi connectivity index (χ3n) is 3.65. The Kier molecular flexibility index (Phi) is 4.45. The normalized spacial score (nSPS) is 16.5. The van der Waals surface area contributed by atoms with E-state index in [0.29, 0.717) is 29.6 Å². The molecule has 2 aromatic rings. The largest absolute Gasteiger partial charge is 0.478 e. The first-order chi connectivity index (χ1) is 11.6. The number of hydrogen-bond acceptors (Lipinski definition) is 7. The minimum atomic E-state index is -0.944. The standard InChI is InChI=1S/C16H17N3O5/c1-3-13-17-18-14(24-13)9-19-10-6-4-5-7-11(10)23-12(16(19)21)8-15(20)22-2/h4-7,12H,3,8-9H2,1-2H3. The van der Waals surface area contributed by atoms with E-state index in [0.717, 1.165) is 0 Å². The lowest BCUT2D eigenvalue weighted by atomic mass is 10.1. The molecule has 2 heterocycles. The Bertz CT molecular complexity index is 758. The quantitative estimate of drug-likeness (QED) is 0.766. The highest BCUT2D eigenvalue weighted by atomic mass is 16.5. The molecule has 24 heavy (non-hydrogen) atoms. The number of anilines is 1. The maximum absolute atomic E-state index is 12.7. The molecule has 0 aliphatic carbocycles. The number of para-hydroxylation sites is 2. The number of nitrogens with zero attached hydrogens (tertiary/aromatic N) is 3. The maximum Gasteiger partial charge on any atom is 0.309 e. The van der Waals surface area contributed by atoms with Crippen LogP contribution in [0.2, 0.25) is 0 Å². The zero-order chi connectivity index (χ0) is 17.1. The number of methoxy groups -OCH3 is 1. The van der Waals surface area contributed by atoms with E-state index in [1.807, 2.05) is 6.92 Å². The van der Waals surface area contributed by atoms with Gasteiger partial charge in [-0.25, -0.2) is 0 Å². The molecule has 0 saturated heterocycles. The van der Waals surface area contributed by atoms with Gasteiger partial charge < -0.3 is 13.9 Å². The molecule has 0 bridgehead atoms. The summed E-state index contributed by atoms with van der Waals surface area (Å²) in [5.41, 5.74) is 0.597. The van der Waals surface area contributed by atoms with Gasteiger partial charge >= 0.3 is 5.97 Å². The summed E-state index contributed by atoms with van der Waals surface area (Å²) >= 11 is 0. The Hall–Kier alpha value is -2.90. The zero-order valence-corrected chi connectivity index (χ0v) is 13.4. The van der Waals surface area contributed by atoms with Crippen molar-refractivity contribution in [1.82, 2.24) is 10.2 Å². The summed E-state index contributed by atoms with van der Waals surface area (Å²) in [6, 6.07) is 7.10. The highest BCUT2D eigenvalue weighted by Crippen LogP contribution is 2.35. The Balaban J connectivity index is 1.89. The zero-order valence-electron chi connectivity index (χ0n) is 13.4. The van der Waals surface area contributed by atoms with E-state index in [9.17, 15) is 9.59 Å². The first-order valence-electron chi connectivity index (χ1n) is 7.57. The van der Waals surface area contributed by atoms with E-state index in [4.69, 9.17) is 9.15 Å². The van der Waals surface area contributed by atoms with Crippen LogP contribution in [0.1, 0.15) is 25.1 Å². The Labute approximate surface area is 138 Å². The van der Waals surface area contributed by atoms with Gasteiger partial charge in [-0.05, 0) is 12.1 Å². The van der Waals surface area contributed by atoms with Crippen molar-refractivity contribution in [2.24, 2.45) is 0 Å². The van der Waals surface area contributed by atoms with Crippen LogP contribution in [0.5, 0.6) is 5.75 Å². The smallest absolute Gasteiger partial charge is 0.309 e. The lowest BCUT2D eigenvalue weighted by Gasteiger charge is -2.33. The Morgan fingerprint density at radius 2 is 2.04 bits per heavy atom.